The van der Waals surface area contributed by atoms with E-state index in [0.29, 0.717) is 5.92 Å². The van der Waals surface area contributed by atoms with Crippen LogP contribution >= 0.6 is 0 Å². The molecule has 3 atom stereocenters. The molecular weight excluding hydrogens is 429 g/mol. The van der Waals surface area contributed by atoms with Crippen LogP contribution in [0.25, 0.3) is 5.73 Å². The van der Waals surface area contributed by atoms with Gasteiger partial charge in [0.2, 0.25) is 0 Å². The minimum absolute atomic E-state index is 0. The van der Waals surface area contributed by atoms with E-state index < -0.39 is 8.80 Å². The van der Waals surface area contributed by atoms with Crippen LogP contribution in [0.1, 0.15) is 58.8 Å². The third kappa shape index (κ3) is 3.28. The van der Waals surface area contributed by atoms with E-state index in [-0.39, 0.29) is 62.9 Å². The molecule has 6 heteroatoms. The molecular formula is C21H32Cl2NOSiTi. The van der Waals surface area contributed by atoms with Crippen molar-refractivity contribution in [2.75, 3.05) is 0 Å². The normalized spacial score (nSPS) is 38.9. The van der Waals surface area contributed by atoms with Crippen LogP contribution < -0.4 is 24.8 Å². The van der Waals surface area contributed by atoms with E-state index in [4.69, 9.17) is 5.73 Å². The summed E-state index contributed by atoms with van der Waals surface area (Å²) < 4.78 is 0. The fraction of sp³-hybridized carbons (Fsp3) is 0.762. The van der Waals surface area contributed by atoms with Crippen molar-refractivity contribution < 1.29 is 51.3 Å². The Kier molecular flexibility index (Phi) is 8.19. The number of carbonyl (C=O) groups excluding carboxylic acids is 1. The Morgan fingerprint density at radius 3 is 2.15 bits per heavy atom. The summed E-state index contributed by atoms with van der Waals surface area (Å²) in [7, 11) is -1.15. The number of rotatable bonds is 4. The molecule has 0 aromatic rings. The Bertz CT molecular complexity index is 649. The van der Waals surface area contributed by atoms with Gasteiger partial charge in [-0.1, -0.05) is 37.2 Å². The number of amides is 1. The summed E-state index contributed by atoms with van der Waals surface area (Å²) in [6.07, 6.45) is 10.7. The minimum atomic E-state index is -1.15. The molecule has 5 aliphatic rings. The molecule has 2 nitrogen and oxygen atoms in total. The van der Waals surface area contributed by atoms with Crippen LogP contribution in [0.4, 0.5) is 0 Å². The average molecular weight is 461 g/mol. The zero-order chi connectivity index (χ0) is 17.3. The number of halogens is 2. The molecule has 4 bridgehead atoms. The Labute approximate surface area is 193 Å². The second-order valence-corrected chi connectivity index (χ2v) is 12.7. The van der Waals surface area contributed by atoms with Crippen molar-refractivity contribution in [2.24, 2.45) is 23.2 Å². The fourth-order valence-electron chi connectivity index (χ4n) is 7.86. The van der Waals surface area contributed by atoms with Crippen molar-refractivity contribution in [1.82, 2.24) is 0 Å². The minimum Gasteiger partial charge on any atom is -1.00 e. The van der Waals surface area contributed by atoms with Crippen LogP contribution in [0.5, 0.6) is 0 Å². The van der Waals surface area contributed by atoms with Gasteiger partial charge in [-0.2, -0.15) is 0 Å². The van der Waals surface area contributed by atoms with Gasteiger partial charge >= 0.3 is 21.7 Å². The number of hydrogen-bond acceptors (Lipinski definition) is 1. The molecule has 0 heterocycles. The van der Waals surface area contributed by atoms with Gasteiger partial charge in [0.15, 0.2) is 0 Å². The van der Waals surface area contributed by atoms with Crippen molar-refractivity contribution in [3.63, 3.8) is 0 Å². The van der Waals surface area contributed by atoms with Crippen molar-refractivity contribution in [3.8, 4) is 0 Å². The first-order valence-electron chi connectivity index (χ1n) is 10.0. The average Bonchev–Trinajstić information content (AvgIpc) is 2.87. The first-order chi connectivity index (χ1) is 11.3. The molecule has 0 saturated heterocycles. The Morgan fingerprint density at radius 2 is 1.74 bits per heavy atom. The standard InChI is InChI=1S/C21H33NOSi.2ClH.Ti/c1-5-16-10-17(6-13(16)2)21(24(3)4)18-8-14-7-15(9-18)12-20(21,11-14)19(22)23;;;/h10,14-15,18,24H,5-9,11-12H2,1-4H3,(H2,22,23);2*1H;/q;;;+3/p-3. The number of carbonyl (C=O) groups is 1. The van der Waals surface area contributed by atoms with E-state index in [1.54, 1.807) is 5.57 Å². The molecule has 0 aromatic heterocycles. The first kappa shape index (κ1) is 25.5. The quantitative estimate of drug-likeness (QED) is 0.530. The molecule has 1 N–H and O–H groups in total. The van der Waals surface area contributed by atoms with Crippen LogP contribution in [0, 0.1) is 23.2 Å². The van der Waals surface area contributed by atoms with Gasteiger partial charge in [0.25, 0.3) is 0 Å². The van der Waals surface area contributed by atoms with E-state index in [2.05, 4.69) is 33.0 Å². The predicted octanol–water partition coefficient (Wildman–Crippen LogP) is -0.319. The summed E-state index contributed by atoms with van der Waals surface area (Å²) in [5, 5.41) is 0.0808. The van der Waals surface area contributed by atoms with Gasteiger partial charge in [-0.15, -0.1) is 0 Å². The molecule has 1 amide bonds. The predicted molar refractivity (Wildman–Crippen MR) is 103 cm³/mol. The van der Waals surface area contributed by atoms with Crippen LogP contribution in [-0.2, 0) is 26.5 Å². The van der Waals surface area contributed by atoms with Crippen LogP contribution in [-0.4, -0.2) is 14.7 Å². The SMILES string of the molecule is CCC1=C(C)CC(C2([SiH](C)C)C3CC4CC(C3)CC2(C([NH-])=O)C4)=C1.[Cl-].[Cl-].[Ti+3]. The maximum absolute atomic E-state index is 12.9. The topological polar surface area (TPSA) is 40.9 Å². The van der Waals surface area contributed by atoms with Gasteiger partial charge in [-0.25, -0.2) is 0 Å². The molecule has 0 aromatic carbocycles. The van der Waals surface area contributed by atoms with Crippen molar-refractivity contribution >= 4 is 14.7 Å². The molecule has 3 unspecified atom stereocenters. The van der Waals surface area contributed by atoms with Gasteiger partial charge in [0.05, 0.1) is 5.91 Å². The summed E-state index contributed by atoms with van der Waals surface area (Å²) in [5.74, 6) is 1.91. The van der Waals surface area contributed by atoms with Crippen LogP contribution in [0.3, 0.4) is 0 Å². The van der Waals surface area contributed by atoms with Crippen molar-refractivity contribution in [1.29, 1.82) is 0 Å². The van der Waals surface area contributed by atoms with Crippen molar-refractivity contribution in [3.05, 3.63) is 28.5 Å². The fourth-order valence-corrected chi connectivity index (χ4v) is 11.5. The van der Waals surface area contributed by atoms with Gasteiger partial charge in [0.1, 0.15) is 0 Å². The molecule has 1 radical (unpaired) electrons. The van der Waals surface area contributed by atoms with Gasteiger partial charge < -0.3 is 35.3 Å². The van der Waals surface area contributed by atoms with Gasteiger partial charge in [-0.05, 0) is 80.2 Å². The zero-order valence-corrected chi connectivity index (χ0v) is 21.2. The maximum Gasteiger partial charge on any atom is 3.00 e. The van der Waals surface area contributed by atoms with E-state index in [1.165, 1.54) is 30.4 Å². The maximum atomic E-state index is 12.9. The summed E-state index contributed by atoms with van der Waals surface area (Å²) in [5.41, 5.74) is 12.6. The Morgan fingerprint density at radius 1 is 1.19 bits per heavy atom. The molecule has 4 fully saturated rings. The van der Waals surface area contributed by atoms with E-state index >= 15 is 0 Å². The molecule has 27 heavy (non-hydrogen) atoms. The summed E-state index contributed by atoms with van der Waals surface area (Å²) in [6, 6.07) is 0. The van der Waals surface area contributed by atoms with E-state index in [9.17, 15) is 4.79 Å². The summed E-state index contributed by atoms with van der Waals surface area (Å²) >= 11 is 0. The van der Waals surface area contributed by atoms with E-state index in [1.807, 2.05) is 0 Å². The smallest absolute Gasteiger partial charge is 1.00 e. The summed E-state index contributed by atoms with van der Waals surface area (Å²) in [6.45, 7) is 9.46. The Balaban J connectivity index is 0.00000121. The van der Waals surface area contributed by atoms with Crippen molar-refractivity contribution in [2.45, 2.75) is 76.9 Å². The van der Waals surface area contributed by atoms with Gasteiger partial charge in [-0.3, -0.25) is 0 Å². The molecule has 5 rings (SSSR count). The molecule has 5 aliphatic carbocycles. The molecule has 4 saturated carbocycles. The second kappa shape index (κ2) is 8.68. The third-order valence-corrected chi connectivity index (χ3v) is 11.4. The summed E-state index contributed by atoms with van der Waals surface area (Å²) in [4.78, 5) is 12.9. The Hall–Kier alpha value is 0.461. The zero-order valence-electron chi connectivity index (χ0n) is 17.0. The second-order valence-electron chi connectivity index (χ2n) is 9.48. The first-order valence-corrected chi connectivity index (χ1v) is 12.9. The number of hydrogen-bond donors (Lipinski definition) is 0. The monoisotopic (exact) mass is 460 g/mol. The molecule has 149 valence electrons. The largest absolute Gasteiger partial charge is 3.00 e. The molecule has 0 aliphatic heterocycles. The van der Waals surface area contributed by atoms with E-state index in [0.717, 1.165) is 37.5 Å². The number of nitrogens with one attached hydrogen (secondary N) is 1. The third-order valence-electron chi connectivity index (χ3n) is 8.22. The number of allylic oxidation sites excluding steroid dienone is 4. The van der Waals surface area contributed by atoms with Crippen LogP contribution in [0.15, 0.2) is 22.8 Å². The van der Waals surface area contributed by atoms with Gasteiger partial charge in [0, 0.05) is 14.2 Å². The molecule has 0 spiro atoms. The van der Waals surface area contributed by atoms with Crippen LogP contribution in [0.2, 0.25) is 18.1 Å².